The predicted octanol–water partition coefficient (Wildman–Crippen LogP) is 3.35. The lowest BCUT2D eigenvalue weighted by Crippen LogP contribution is -2.33. The topological polar surface area (TPSA) is 66.4 Å². The van der Waals surface area contributed by atoms with Crippen molar-refractivity contribution in [2.45, 2.75) is 26.3 Å². The van der Waals surface area contributed by atoms with Gasteiger partial charge in [0.2, 0.25) is 0 Å². The Morgan fingerprint density at radius 1 is 1.29 bits per heavy atom. The van der Waals surface area contributed by atoms with Crippen LogP contribution >= 0.6 is 15.9 Å². The summed E-state index contributed by atoms with van der Waals surface area (Å²) in [6, 6.07) is 8.19. The van der Waals surface area contributed by atoms with Crippen LogP contribution in [-0.2, 0) is 10.1 Å². The highest BCUT2D eigenvalue weighted by atomic mass is 79.9. The normalized spacial score (nSPS) is 14.0. The maximum absolute atomic E-state index is 10.7. The second-order valence-corrected chi connectivity index (χ2v) is 7.76. The molecule has 0 saturated heterocycles. The van der Waals surface area contributed by atoms with Gasteiger partial charge in [-0.05, 0) is 36.6 Å². The second-order valence-electron chi connectivity index (χ2n) is 5.27. The zero-order valence-electron chi connectivity index (χ0n) is 12.3. The van der Waals surface area contributed by atoms with Gasteiger partial charge in [0.05, 0.1) is 5.75 Å². The Balaban J connectivity index is 2.51. The summed E-state index contributed by atoms with van der Waals surface area (Å²) in [5, 5.41) is 3.30. The quantitative estimate of drug-likeness (QED) is 0.539. The van der Waals surface area contributed by atoms with E-state index in [4.69, 9.17) is 4.55 Å². The Bertz CT molecular complexity index is 553. The minimum Gasteiger partial charge on any atom is -0.310 e. The van der Waals surface area contributed by atoms with E-state index < -0.39 is 10.1 Å². The third kappa shape index (κ3) is 8.36. The molecule has 0 amide bonds. The Kier molecular flexibility index (Phi) is 7.59. The van der Waals surface area contributed by atoms with Gasteiger partial charge in [-0.1, -0.05) is 54.1 Å². The fourth-order valence-corrected chi connectivity index (χ4v) is 2.61. The SMILES string of the molecule is CC(C)[C@@H](C=Cc1ccc(Br)cc1)NCCCS(=O)(=O)O. The molecule has 0 radical (unpaired) electrons. The van der Waals surface area contributed by atoms with Crippen LogP contribution in [0.3, 0.4) is 0 Å². The largest absolute Gasteiger partial charge is 0.310 e. The van der Waals surface area contributed by atoms with E-state index in [0.29, 0.717) is 18.9 Å². The molecule has 0 aliphatic rings. The molecular formula is C15H22BrNO3S. The van der Waals surface area contributed by atoms with Gasteiger partial charge >= 0.3 is 0 Å². The number of rotatable bonds is 8. The molecule has 1 atom stereocenters. The lowest BCUT2D eigenvalue weighted by molar-refractivity contribution is 0.456. The van der Waals surface area contributed by atoms with Crippen LogP contribution in [0.15, 0.2) is 34.8 Å². The lowest BCUT2D eigenvalue weighted by Gasteiger charge is -2.18. The summed E-state index contributed by atoms with van der Waals surface area (Å²) < 4.78 is 31.1. The molecule has 6 heteroatoms. The minimum atomic E-state index is -3.86. The summed E-state index contributed by atoms with van der Waals surface area (Å²) in [6.07, 6.45) is 4.53. The number of halogens is 1. The zero-order valence-corrected chi connectivity index (χ0v) is 14.7. The van der Waals surface area contributed by atoms with Crippen LogP contribution in [-0.4, -0.2) is 31.3 Å². The maximum atomic E-state index is 10.7. The predicted molar refractivity (Wildman–Crippen MR) is 90.8 cm³/mol. The first-order valence-corrected chi connectivity index (χ1v) is 9.30. The minimum absolute atomic E-state index is 0.162. The van der Waals surface area contributed by atoms with Crippen LogP contribution in [0, 0.1) is 5.92 Å². The fraction of sp³-hybridized carbons (Fsp3) is 0.467. The highest BCUT2D eigenvalue weighted by Crippen LogP contribution is 2.13. The van der Waals surface area contributed by atoms with Gasteiger partial charge in [0, 0.05) is 10.5 Å². The Morgan fingerprint density at radius 2 is 1.90 bits per heavy atom. The zero-order chi connectivity index (χ0) is 15.9. The Hall–Kier alpha value is -0.690. The van der Waals surface area contributed by atoms with E-state index in [1.165, 1.54) is 0 Å². The van der Waals surface area contributed by atoms with E-state index in [2.05, 4.69) is 41.2 Å². The maximum Gasteiger partial charge on any atom is 0.264 e. The van der Waals surface area contributed by atoms with Gasteiger partial charge in [-0.3, -0.25) is 4.55 Å². The molecule has 0 aromatic heterocycles. The average Bonchev–Trinajstić information content (AvgIpc) is 2.38. The van der Waals surface area contributed by atoms with Crippen molar-refractivity contribution in [3.05, 3.63) is 40.4 Å². The van der Waals surface area contributed by atoms with E-state index in [9.17, 15) is 8.42 Å². The molecule has 2 N–H and O–H groups in total. The fourth-order valence-electron chi connectivity index (χ4n) is 1.84. The van der Waals surface area contributed by atoms with Gasteiger partial charge in [0.25, 0.3) is 10.1 Å². The van der Waals surface area contributed by atoms with Gasteiger partial charge in [-0.15, -0.1) is 0 Å². The van der Waals surface area contributed by atoms with E-state index in [0.717, 1.165) is 10.0 Å². The molecule has 21 heavy (non-hydrogen) atoms. The Labute approximate surface area is 135 Å². The number of benzene rings is 1. The summed E-state index contributed by atoms with van der Waals surface area (Å²) in [6.45, 7) is 4.76. The van der Waals surface area contributed by atoms with Crippen LogP contribution in [0.1, 0.15) is 25.8 Å². The van der Waals surface area contributed by atoms with Gasteiger partial charge in [-0.2, -0.15) is 8.42 Å². The molecule has 4 nitrogen and oxygen atoms in total. The molecule has 0 fully saturated rings. The molecule has 1 rings (SSSR count). The molecule has 0 unspecified atom stereocenters. The lowest BCUT2D eigenvalue weighted by atomic mass is 10.0. The third-order valence-corrected chi connectivity index (χ3v) is 4.38. The van der Waals surface area contributed by atoms with Gasteiger partial charge in [-0.25, -0.2) is 0 Å². The van der Waals surface area contributed by atoms with E-state index in [-0.39, 0.29) is 11.8 Å². The van der Waals surface area contributed by atoms with Crippen LogP contribution in [0.5, 0.6) is 0 Å². The van der Waals surface area contributed by atoms with Crippen LogP contribution in [0.2, 0.25) is 0 Å². The third-order valence-electron chi connectivity index (χ3n) is 3.04. The molecular weight excluding hydrogens is 354 g/mol. The van der Waals surface area contributed by atoms with Crippen molar-refractivity contribution >= 4 is 32.1 Å². The molecule has 0 bridgehead atoms. The van der Waals surface area contributed by atoms with Gasteiger partial charge in [0.15, 0.2) is 0 Å². The Morgan fingerprint density at radius 3 is 2.43 bits per heavy atom. The van der Waals surface area contributed by atoms with E-state index in [1.807, 2.05) is 30.3 Å². The highest BCUT2D eigenvalue weighted by molar-refractivity contribution is 9.10. The van der Waals surface area contributed by atoms with Crippen LogP contribution < -0.4 is 5.32 Å². The molecule has 0 heterocycles. The highest BCUT2D eigenvalue weighted by Gasteiger charge is 2.10. The molecule has 0 saturated carbocycles. The summed E-state index contributed by atoms with van der Waals surface area (Å²) >= 11 is 3.40. The number of nitrogens with one attached hydrogen (secondary N) is 1. The van der Waals surface area contributed by atoms with Crippen LogP contribution in [0.25, 0.3) is 6.08 Å². The van der Waals surface area contributed by atoms with Crippen molar-refractivity contribution in [1.82, 2.24) is 5.32 Å². The first kappa shape index (κ1) is 18.4. The summed E-state index contributed by atoms with van der Waals surface area (Å²) in [7, 11) is -3.86. The average molecular weight is 376 g/mol. The van der Waals surface area contributed by atoms with Crippen molar-refractivity contribution in [3.63, 3.8) is 0 Å². The number of hydrogen-bond donors (Lipinski definition) is 2. The first-order chi connectivity index (χ1) is 9.78. The second kappa shape index (κ2) is 8.68. The summed E-state index contributed by atoms with van der Waals surface area (Å²) in [4.78, 5) is 0. The molecule has 118 valence electrons. The molecule has 1 aromatic carbocycles. The van der Waals surface area contributed by atoms with E-state index >= 15 is 0 Å². The molecule has 0 aliphatic heterocycles. The monoisotopic (exact) mass is 375 g/mol. The van der Waals surface area contributed by atoms with Gasteiger partial charge in [0.1, 0.15) is 0 Å². The standard InChI is InChI=1S/C15H22BrNO3S/c1-12(2)15(17-10-3-11-21(18,19)20)9-6-13-4-7-14(16)8-5-13/h4-9,12,15,17H,3,10-11H2,1-2H3,(H,18,19,20)/t15-/m1/s1. The first-order valence-electron chi connectivity index (χ1n) is 6.90. The van der Waals surface area contributed by atoms with Crippen molar-refractivity contribution in [2.75, 3.05) is 12.3 Å². The molecule has 0 aliphatic carbocycles. The van der Waals surface area contributed by atoms with Crippen molar-refractivity contribution < 1.29 is 13.0 Å². The molecule has 0 spiro atoms. The van der Waals surface area contributed by atoms with Gasteiger partial charge < -0.3 is 5.32 Å². The van der Waals surface area contributed by atoms with E-state index in [1.54, 1.807) is 0 Å². The van der Waals surface area contributed by atoms with Crippen molar-refractivity contribution in [3.8, 4) is 0 Å². The van der Waals surface area contributed by atoms with Crippen LogP contribution in [0.4, 0.5) is 0 Å². The van der Waals surface area contributed by atoms with Crippen molar-refractivity contribution in [2.24, 2.45) is 5.92 Å². The van der Waals surface area contributed by atoms with Crippen molar-refractivity contribution in [1.29, 1.82) is 0 Å². The summed E-state index contributed by atoms with van der Waals surface area (Å²) in [5.41, 5.74) is 1.11. The summed E-state index contributed by atoms with van der Waals surface area (Å²) in [5.74, 6) is 0.184. The smallest absolute Gasteiger partial charge is 0.264 e. The molecule has 1 aromatic rings. The number of hydrogen-bond acceptors (Lipinski definition) is 3.